The first-order chi connectivity index (χ1) is 8.31. The van der Waals surface area contributed by atoms with Gasteiger partial charge in [-0.2, -0.15) is 0 Å². The van der Waals surface area contributed by atoms with Gasteiger partial charge in [0.25, 0.3) is 0 Å². The quantitative estimate of drug-likeness (QED) is 0.848. The highest BCUT2D eigenvalue weighted by molar-refractivity contribution is 6.30. The van der Waals surface area contributed by atoms with Crippen LogP contribution in [0.4, 0.5) is 5.69 Å². The minimum absolute atomic E-state index is 0.103. The third kappa shape index (κ3) is 2.38. The van der Waals surface area contributed by atoms with Gasteiger partial charge in [0, 0.05) is 23.3 Å². The second-order valence-corrected chi connectivity index (χ2v) is 5.95. The van der Waals surface area contributed by atoms with E-state index in [2.05, 4.69) is 12.2 Å². The second kappa shape index (κ2) is 4.56. The third-order valence-electron chi connectivity index (χ3n) is 3.29. The number of amides is 1. The van der Waals surface area contributed by atoms with Gasteiger partial charge < -0.3 is 4.90 Å². The molecule has 0 bridgehead atoms. The molecule has 2 rings (SSSR count). The topological polar surface area (TPSA) is 32.3 Å². The fourth-order valence-corrected chi connectivity index (χ4v) is 2.77. The predicted octanol–water partition coefficient (Wildman–Crippen LogP) is 2.75. The van der Waals surface area contributed by atoms with Crippen molar-refractivity contribution in [2.24, 2.45) is 0 Å². The van der Waals surface area contributed by atoms with Crippen LogP contribution in [0.15, 0.2) is 18.2 Å². The Bertz CT molecular complexity index is 485. The van der Waals surface area contributed by atoms with E-state index >= 15 is 0 Å². The molecule has 0 radical (unpaired) electrons. The van der Waals surface area contributed by atoms with Crippen LogP contribution in [0.25, 0.3) is 0 Å². The zero-order chi connectivity index (χ0) is 13.5. The molecule has 1 amide bonds. The molecule has 0 saturated carbocycles. The lowest BCUT2D eigenvalue weighted by molar-refractivity contribution is -0.125. The number of hydrogen-bond donors (Lipinski definition) is 1. The Hall–Kier alpha value is -1.06. The number of nitrogens with one attached hydrogen (secondary N) is 1. The van der Waals surface area contributed by atoms with E-state index < -0.39 is 5.54 Å². The van der Waals surface area contributed by atoms with Crippen LogP contribution >= 0.6 is 11.6 Å². The summed E-state index contributed by atoms with van der Waals surface area (Å²) >= 11 is 5.96. The number of benzene rings is 1. The average molecular weight is 267 g/mol. The predicted molar refractivity (Wildman–Crippen MR) is 75.2 cm³/mol. The molecule has 0 aliphatic carbocycles. The van der Waals surface area contributed by atoms with Crippen molar-refractivity contribution in [3.05, 3.63) is 28.8 Å². The van der Waals surface area contributed by atoms with Gasteiger partial charge in [-0.3, -0.25) is 10.1 Å². The average Bonchev–Trinajstić information content (AvgIpc) is 2.23. The smallest absolute Gasteiger partial charge is 0.246 e. The van der Waals surface area contributed by atoms with Gasteiger partial charge in [-0.15, -0.1) is 0 Å². The lowest BCUT2D eigenvalue weighted by atomic mass is 9.96. The summed E-state index contributed by atoms with van der Waals surface area (Å²) < 4.78 is 0. The standard InChI is InChI=1S/C14H19ClN2O/c1-9-7-11(15)5-6-12(9)17-8-10(2)16-14(3,4)13(17)18/h5-7,10,16H,8H2,1-4H3. The van der Waals surface area contributed by atoms with Crippen molar-refractivity contribution in [1.82, 2.24) is 5.32 Å². The Balaban J connectivity index is 2.40. The van der Waals surface area contributed by atoms with E-state index in [1.54, 1.807) is 0 Å². The maximum atomic E-state index is 12.5. The molecule has 1 aliphatic heterocycles. The summed E-state index contributed by atoms with van der Waals surface area (Å²) in [6, 6.07) is 5.91. The molecule has 3 nitrogen and oxygen atoms in total. The minimum Gasteiger partial charge on any atom is -0.309 e. The molecule has 1 unspecified atom stereocenters. The van der Waals surface area contributed by atoms with Crippen LogP contribution in [-0.2, 0) is 4.79 Å². The summed E-state index contributed by atoms with van der Waals surface area (Å²) in [4.78, 5) is 14.3. The number of halogens is 1. The second-order valence-electron chi connectivity index (χ2n) is 5.52. The Morgan fingerprint density at radius 2 is 2.11 bits per heavy atom. The van der Waals surface area contributed by atoms with Crippen molar-refractivity contribution >= 4 is 23.2 Å². The van der Waals surface area contributed by atoms with Crippen molar-refractivity contribution in [2.45, 2.75) is 39.3 Å². The van der Waals surface area contributed by atoms with E-state index in [4.69, 9.17) is 11.6 Å². The van der Waals surface area contributed by atoms with Gasteiger partial charge in [-0.05, 0) is 51.5 Å². The first kappa shape index (κ1) is 13.4. The fourth-order valence-electron chi connectivity index (χ4n) is 2.55. The van der Waals surface area contributed by atoms with E-state index in [9.17, 15) is 4.79 Å². The highest BCUT2D eigenvalue weighted by Gasteiger charge is 2.39. The van der Waals surface area contributed by atoms with Crippen molar-refractivity contribution in [3.63, 3.8) is 0 Å². The summed E-state index contributed by atoms with van der Waals surface area (Å²) in [7, 11) is 0. The molecular formula is C14H19ClN2O. The van der Waals surface area contributed by atoms with Crippen LogP contribution in [-0.4, -0.2) is 24.0 Å². The number of carbonyl (C=O) groups is 1. The van der Waals surface area contributed by atoms with E-state index in [0.29, 0.717) is 11.6 Å². The van der Waals surface area contributed by atoms with E-state index in [1.807, 2.05) is 43.9 Å². The summed E-state index contributed by atoms with van der Waals surface area (Å²) in [6.07, 6.45) is 0. The Morgan fingerprint density at radius 3 is 2.72 bits per heavy atom. The maximum Gasteiger partial charge on any atom is 0.246 e. The lowest BCUT2D eigenvalue weighted by Crippen LogP contribution is -2.65. The largest absolute Gasteiger partial charge is 0.309 e. The number of aryl methyl sites for hydroxylation is 1. The fraction of sp³-hybridized carbons (Fsp3) is 0.500. The van der Waals surface area contributed by atoms with Gasteiger partial charge in [-0.1, -0.05) is 11.6 Å². The van der Waals surface area contributed by atoms with Crippen LogP contribution in [0.3, 0.4) is 0 Å². The molecule has 18 heavy (non-hydrogen) atoms. The highest BCUT2D eigenvalue weighted by Crippen LogP contribution is 2.28. The number of rotatable bonds is 1. The number of hydrogen-bond acceptors (Lipinski definition) is 2. The number of piperazine rings is 1. The normalized spacial score (nSPS) is 23.3. The Morgan fingerprint density at radius 1 is 1.44 bits per heavy atom. The van der Waals surface area contributed by atoms with Crippen LogP contribution in [0.2, 0.25) is 5.02 Å². The zero-order valence-electron chi connectivity index (χ0n) is 11.2. The van der Waals surface area contributed by atoms with Crippen molar-refractivity contribution in [2.75, 3.05) is 11.4 Å². The van der Waals surface area contributed by atoms with Crippen LogP contribution in [0, 0.1) is 6.92 Å². The summed E-state index contributed by atoms with van der Waals surface area (Å²) in [5, 5.41) is 4.02. The third-order valence-corrected chi connectivity index (χ3v) is 3.53. The molecule has 1 N–H and O–H groups in total. The van der Waals surface area contributed by atoms with E-state index in [-0.39, 0.29) is 11.9 Å². The van der Waals surface area contributed by atoms with E-state index in [1.165, 1.54) is 0 Å². The maximum absolute atomic E-state index is 12.5. The lowest BCUT2D eigenvalue weighted by Gasteiger charge is -2.42. The van der Waals surface area contributed by atoms with Gasteiger partial charge >= 0.3 is 0 Å². The van der Waals surface area contributed by atoms with Gasteiger partial charge in [0.2, 0.25) is 5.91 Å². The molecular weight excluding hydrogens is 248 g/mol. The van der Waals surface area contributed by atoms with Gasteiger partial charge in [0.15, 0.2) is 0 Å². The summed E-state index contributed by atoms with van der Waals surface area (Å²) in [5.41, 5.74) is 1.45. The van der Waals surface area contributed by atoms with Crippen molar-refractivity contribution < 1.29 is 4.79 Å². The molecule has 1 fully saturated rings. The number of nitrogens with zero attached hydrogens (tertiary/aromatic N) is 1. The Kier molecular flexibility index (Phi) is 3.39. The monoisotopic (exact) mass is 266 g/mol. The highest BCUT2D eigenvalue weighted by atomic mass is 35.5. The molecule has 0 spiro atoms. The van der Waals surface area contributed by atoms with Crippen molar-refractivity contribution in [1.29, 1.82) is 0 Å². The summed E-state index contributed by atoms with van der Waals surface area (Å²) in [6.45, 7) is 8.60. The SMILES string of the molecule is Cc1cc(Cl)ccc1N1CC(C)NC(C)(C)C1=O. The van der Waals surface area contributed by atoms with Gasteiger partial charge in [0.05, 0.1) is 5.54 Å². The first-order valence-corrected chi connectivity index (χ1v) is 6.55. The van der Waals surface area contributed by atoms with Gasteiger partial charge in [-0.25, -0.2) is 0 Å². The molecule has 1 atom stereocenters. The molecule has 0 aromatic heterocycles. The molecule has 1 saturated heterocycles. The molecule has 1 heterocycles. The molecule has 1 aromatic carbocycles. The molecule has 98 valence electrons. The minimum atomic E-state index is -0.524. The van der Waals surface area contributed by atoms with E-state index in [0.717, 1.165) is 11.3 Å². The molecule has 4 heteroatoms. The van der Waals surface area contributed by atoms with Crippen LogP contribution < -0.4 is 10.2 Å². The van der Waals surface area contributed by atoms with Crippen molar-refractivity contribution in [3.8, 4) is 0 Å². The van der Waals surface area contributed by atoms with Crippen LogP contribution in [0.5, 0.6) is 0 Å². The van der Waals surface area contributed by atoms with Crippen LogP contribution in [0.1, 0.15) is 26.3 Å². The number of anilines is 1. The Labute approximate surface area is 113 Å². The molecule has 1 aromatic rings. The van der Waals surface area contributed by atoms with Gasteiger partial charge in [0.1, 0.15) is 0 Å². The number of carbonyl (C=O) groups excluding carboxylic acids is 1. The zero-order valence-corrected chi connectivity index (χ0v) is 12.0. The first-order valence-electron chi connectivity index (χ1n) is 6.17. The summed E-state index contributed by atoms with van der Waals surface area (Å²) in [5.74, 6) is 0.103. The molecule has 1 aliphatic rings.